The van der Waals surface area contributed by atoms with Crippen LogP contribution in [0.5, 0.6) is 0 Å². The van der Waals surface area contributed by atoms with Crippen LogP contribution in [0.25, 0.3) is 0 Å². The first kappa shape index (κ1) is 18.1. The van der Waals surface area contributed by atoms with Crippen LogP contribution >= 0.6 is 0 Å². The molecule has 0 unspecified atom stereocenters. The summed E-state index contributed by atoms with van der Waals surface area (Å²) in [4.78, 5) is 4.72. The van der Waals surface area contributed by atoms with Crippen LogP contribution in [0, 0.1) is 0 Å². The maximum absolute atomic E-state index is 10.3. The Balaban J connectivity index is -0.0000000546. The van der Waals surface area contributed by atoms with Crippen LogP contribution in [0.3, 0.4) is 0 Å². The minimum atomic E-state index is -4.67. The van der Waals surface area contributed by atoms with Gasteiger partial charge in [-0.2, -0.15) is 18.1 Å². The van der Waals surface area contributed by atoms with E-state index in [1.807, 2.05) is 0 Å². The third kappa shape index (κ3) is 48.4. The molecule has 0 aromatic heterocycles. The SMILES string of the molecule is O=S(=O)(O)O.OB(OF)OF.[H-].[Li+]. The molecule has 0 heterocycles. The van der Waals surface area contributed by atoms with E-state index in [4.69, 9.17) is 22.5 Å². The topological polar surface area (TPSA) is 113 Å². The molecule has 0 aromatic carbocycles. The minimum absolute atomic E-state index is 0. The van der Waals surface area contributed by atoms with Crippen LogP contribution in [0.1, 0.15) is 1.43 Å². The Kier molecular flexibility index (Phi) is 14.1. The fourth-order valence-electron chi connectivity index (χ4n) is 0.0137. The first-order valence-electron chi connectivity index (χ1n) is 1.74. The van der Waals surface area contributed by atoms with E-state index in [0.29, 0.717) is 0 Å². The van der Waals surface area contributed by atoms with Gasteiger partial charge in [0.1, 0.15) is 0 Å². The second kappa shape index (κ2) is 9.36. The molecule has 0 bridgehead atoms. The van der Waals surface area contributed by atoms with Crippen molar-refractivity contribution >= 4 is 17.7 Å². The van der Waals surface area contributed by atoms with Crippen molar-refractivity contribution in [1.29, 1.82) is 0 Å². The second-order valence-electron chi connectivity index (χ2n) is 0.933. The summed E-state index contributed by atoms with van der Waals surface area (Å²) in [5, 5.41) is 7.47. The van der Waals surface area contributed by atoms with E-state index < -0.39 is 17.7 Å². The van der Waals surface area contributed by atoms with Crippen molar-refractivity contribution in [1.82, 2.24) is 0 Å². The van der Waals surface area contributed by atoms with Gasteiger partial charge in [0.05, 0.1) is 0 Å². The van der Waals surface area contributed by atoms with Crippen LogP contribution in [-0.4, -0.2) is 29.9 Å². The largest absolute Gasteiger partial charge is 1.00 e. The summed E-state index contributed by atoms with van der Waals surface area (Å²) >= 11 is 0. The summed E-state index contributed by atoms with van der Waals surface area (Å²) < 4.78 is 52.1. The average molecular weight is 204 g/mol. The van der Waals surface area contributed by atoms with E-state index in [1.165, 1.54) is 0 Å². The summed E-state index contributed by atoms with van der Waals surface area (Å²) in [6.07, 6.45) is 0. The standard InChI is InChI=1S/BF2HO3.Li.H2O4S.H/c2-5-1(4)6-3;;1-5(2,3)4;/h4H;;(H2,1,2,3,4);/q;+1;;-1. The predicted octanol–water partition coefficient (Wildman–Crippen LogP) is -3.77. The molecule has 0 radical (unpaired) electrons. The molecule has 0 saturated heterocycles. The molecule has 0 aliphatic rings. The van der Waals surface area contributed by atoms with Gasteiger partial charge in [-0.1, -0.05) is 9.05 Å². The van der Waals surface area contributed by atoms with Crippen molar-refractivity contribution in [3.05, 3.63) is 0 Å². The monoisotopic (exact) mass is 204 g/mol. The first-order chi connectivity index (χ1) is 4.81. The molecule has 0 aliphatic carbocycles. The van der Waals surface area contributed by atoms with Crippen molar-refractivity contribution in [2.24, 2.45) is 0 Å². The molecule has 0 amide bonds. The Hall–Kier alpha value is 0.272. The summed E-state index contributed by atoms with van der Waals surface area (Å²) in [6, 6.07) is 0. The van der Waals surface area contributed by atoms with Crippen LogP contribution in [-0.2, 0) is 20.1 Å². The molecular formula is H4BF2LiO7S. The van der Waals surface area contributed by atoms with E-state index in [-0.39, 0.29) is 20.3 Å². The zero-order chi connectivity index (χ0) is 9.49. The molecule has 12 heteroatoms. The third-order valence-corrected chi connectivity index (χ3v) is 0.152. The Labute approximate surface area is 79.9 Å². The average Bonchev–Trinajstić information content (AvgIpc) is 1.83. The van der Waals surface area contributed by atoms with Gasteiger partial charge in [-0.25, -0.2) is 0 Å². The van der Waals surface area contributed by atoms with Crippen molar-refractivity contribution < 1.29 is 61.6 Å². The van der Waals surface area contributed by atoms with Gasteiger partial charge in [-0.05, 0) is 0 Å². The Morgan fingerprint density at radius 1 is 1.25 bits per heavy atom. The fourth-order valence-corrected chi connectivity index (χ4v) is 0.0137. The molecule has 0 spiro atoms. The molecule has 0 aromatic rings. The predicted molar refractivity (Wildman–Crippen MR) is 27.6 cm³/mol. The van der Waals surface area contributed by atoms with E-state index in [0.717, 1.165) is 0 Å². The van der Waals surface area contributed by atoms with Crippen LogP contribution < -0.4 is 18.9 Å². The summed E-state index contributed by atoms with van der Waals surface area (Å²) in [7, 11) is -7.06. The summed E-state index contributed by atoms with van der Waals surface area (Å²) in [6.45, 7) is 0. The fraction of sp³-hybridized carbons (Fsp3) is 0. The molecule has 0 saturated carbocycles. The summed E-state index contributed by atoms with van der Waals surface area (Å²) in [5.74, 6) is 0. The molecule has 70 valence electrons. The zero-order valence-electron chi connectivity index (χ0n) is 6.72. The maximum atomic E-state index is 10.3. The summed E-state index contributed by atoms with van der Waals surface area (Å²) in [5.41, 5.74) is 0. The van der Waals surface area contributed by atoms with Crippen molar-refractivity contribution in [2.75, 3.05) is 0 Å². The quantitative estimate of drug-likeness (QED) is 0.312. The number of hydrogen-bond donors (Lipinski definition) is 3. The van der Waals surface area contributed by atoms with Crippen LogP contribution in [0.4, 0.5) is 9.05 Å². The molecule has 0 atom stereocenters. The van der Waals surface area contributed by atoms with Crippen LogP contribution in [0.15, 0.2) is 0 Å². The van der Waals surface area contributed by atoms with Crippen molar-refractivity contribution in [3.8, 4) is 0 Å². The number of rotatable bonds is 2. The molecular weight excluding hydrogens is 200 g/mol. The van der Waals surface area contributed by atoms with Gasteiger partial charge < -0.3 is 6.45 Å². The smallest absolute Gasteiger partial charge is 1.00 e. The van der Waals surface area contributed by atoms with Crippen molar-refractivity contribution in [2.45, 2.75) is 0 Å². The first-order valence-corrected chi connectivity index (χ1v) is 3.13. The van der Waals surface area contributed by atoms with Gasteiger partial charge in [0, 0.05) is 0 Å². The molecule has 7 nitrogen and oxygen atoms in total. The maximum Gasteiger partial charge on any atom is 1.00 e. The van der Waals surface area contributed by atoms with E-state index in [2.05, 4.69) is 9.72 Å². The number of halogens is 2. The van der Waals surface area contributed by atoms with E-state index in [9.17, 15) is 9.05 Å². The van der Waals surface area contributed by atoms with Gasteiger partial charge >= 0.3 is 36.6 Å². The molecule has 12 heavy (non-hydrogen) atoms. The van der Waals surface area contributed by atoms with Gasteiger partial charge in [0.15, 0.2) is 0 Å². The molecule has 3 N–H and O–H groups in total. The Morgan fingerprint density at radius 3 is 1.42 bits per heavy atom. The molecule has 0 aliphatic heterocycles. The Bertz CT molecular complexity index is 161. The second-order valence-corrected chi connectivity index (χ2v) is 1.83. The molecule has 0 fully saturated rings. The van der Waals surface area contributed by atoms with Gasteiger partial charge in [-0.15, -0.1) is 0 Å². The zero-order valence-corrected chi connectivity index (χ0v) is 6.53. The molecule has 0 rings (SSSR count). The van der Waals surface area contributed by atoms with Gasteiger partial charge in [0.25, 0.3) is 0 Å². The third-order valence-electron chi connectivity index (χ3n) is 0.152. The number of hydrogen-bond acceptors (Lipinski definition) is 5. The van der Waals surface area contributed by atoms with Crippen LogP contribution in [0.2, 0.25) is 0 Å². The minimum Gasteiger partial charge on any atom is -1.00 e. The normalized spacial score (nSPS) is 9.08. The van der Waals surface area contributed by atoms with E-state index >= 15 is 0 Å². The van der Waals surface area contributed by atoms with Gasteiger partial charge in [-0.3, -0.25) is 9.11 Å². The van der Waals surface area contributed by atoms with Crippen molar-refractivity contribution in [3.63, 3.8) is 0 Å². The Morgan fingerprint density at radius 2 is 1.42 bits per heavy atom. The van der Waals surface area contributed by atoms with Gasteiger partial charge in [0.2, 0.25) is 0 Å². The van der Waals surface area contributed by atoms with E-state index in [1.54, 1.807) is 0 Å².